The van der Waals surface area contributed by atoms with Crippen molar-refractivity contribution in [3.63, 3.8) is 0 Å². The van der Waals surface area contributed by atoms with Crippen LogP contribution in [0.1, 0.15) is 32.1 Å². The molecular weight excluding hydrogens is 529 g/mol. The maximum absolute atomic E-state index is 16.6. The van der Waals surface area contributed by atoms with E-state index in [4.69, 9.17) is 14.7 Å². The van der Waals surface area contributed by atoms with E-state index in [1.54, 1.807) is 12.1 Å². The summed E-state index contributed by atoms with van der Waals surface area (Å²) in [6.07, 6.45) is 6.02. The van der Waals surface area contributed by atoms with Crippen LogP contribution in [0, 0.1) is 23.1 Å². The standard InChI is InChI=1S/C34H36FN5O2/c35-30-27(29-13-25(41)12-20-3-1-2-4-26(20)29)7-8-28-31(30)37-33(38-32(28)40-16-23-5-6-24(17-40)36-23)42-19-34(9-10-34)18-39-14-21-11-22(21)15-39/h1-4,7-8,12-13,21-24,36,41H,5-6,9-11,14-19H2. The molecule has 9 rings (SSSR count). The van der Waals surface area contributed by atoms with Crippen molar-refractivity contribution in [1.82, 2.24) is 20.2 Å². The summed E-state index contributed by atoms with van der Waals surface area (Å²) in [5.74, 6) is 2.29. The molecule has 3 saturated heterocycles. The smallest absolute Gasteiger partial charge is 0.319 e. The third kappa shape index (κ3) is 4.30. The first-order valence-electron chi connectivity index (χ1n) is 15.6. The number of anilines is 1. The highest BCUT2D eigenvalue weighted by atomic mass is 19.1. The highest BCUT2D eigenvalue weighted by Gasteiger charge is 2.50. The second kappa shape index (κ2) is 9.25. The average molecular weight is 566 g/mol. The van der Waals surface area contributed by atoms with Gasteiger partial charge in [-0.2, -0.15) is 9.97 Å². The van der Waals surface area contributed by atoms with Gasteiger partial charge in [-0.05, 0) is 78.5 Å². The highest BCUT2D eigenvalue weighted by molar-refractivity contribution is 6.01. The number of phenolic OH excluding ortho intramolecular Hbond substituents is 1. The summed E-state index contributed by atoms with van der Waals surface area (Å²) in [6, 6.07) is 15.9. The number of aromatic hydroxyl groups is 1. The van der Waals surface area contributed by atoms with Gasteiger partial charge in [0.2, 0.25) is 0 Å². The predicted molar refractivity (Wildman–Crippen MR) is 161 cm³/mol. The largest absolute Gasteiger partial charge is 0.508 e. The van der Waals surface area contributed by atoms with E-state index >= 15 is 4.39 Å². The van der Waals surface area contributed by atoms with Crippen LogP contribution in [0.5, 0.6) is 11.8 Å². The first kappa shape index (κ1) is 25.0. The summed E-state index contributed by atoms with van der Waals surface area (Å²) >= 11 is 0. The molecule has 1 aromatic heterocycles. The minimum Gasteiger partial charge on any atom is -0.508 e. The molecule has 4 aromatic rings. The van der Waals surface area contributed by atoms with Crippen LogP contribution in [0.2, 0.25) is 0 Å². The van der Waals surface area contributed by atoms with Crippen LogP contribution in [0.25, 0.3) is 32.8 Å². The number of rotatable bonds is 7. The Morgan fingerprint density at radius 1 is 0.929 bits per heavy atom. The minimum absolute atomic E-state index is 0.108. The number of likely N-dealkylation sites (tertiary alicyclic amines) is 1. The molecular formula is C34H36FN5O2. The Labute approximate surface area is 244 Å². The number of piperidine rings is 1. The molecule has 4 unspecified atom stereocenters. The summed E-state index contributed by atoms with van der Waals surface area (Å²) in [4.78, 5) is 14.6. The van der Waals surface area contributed by atoms with Gasteiger partial charge in [0.05, 0.1) is 6.61 Å². The molecule has 0 amide bonds. The number of benzene rings is 3. The Kier molecular flexibility index (Phi) is 5.52. The van der Waals surface area contributed by atoms with Crippen LogP contribution in [0.4, 0.5) is 10.2 Å². The van der Waals surface area contributed by atoms with Crippen molar-refractivity contribution in [2.75, 3.05) is 44.2 Å². The number of hydrogen-bond acceptors (Lipinski definition) is 7. The van der Waals surface area contributed by atoms with Crippen LogP contribution in [-0.2, 0) is 0 Å². The van der Waals surface area contributed by atoms with Gasteiger partial charge in [0.1, 0.15) is 17.1 Å². The van der Waals surface area contributed by atoms with Crippen LogP contribution < -0.4 is 15.0 Å². The number of hydrogen-bond donors (Lipinski definition) is 2. The molecule has 2 aliphatic carbocycles. The van der Waals surface area contributed by atoms with Gasteiger partial charge in [-0.3, -0.25) is 0 Å². The summed E-state index contributed by atoms with van der Waals surface area (Å²) in [5.41, 5.74) is 1.49. The molecule has 3 aromatic carbocycles. The Morgan fingerprint density at radius 2 is 1.71 bits per heavy atom. The summed E-state index contributed by atoms with van der Waals surface area (Å²) < 4.78 is 23.0. The summed E-state index contributed by atoms with van der Waals surface area (Å²) in [7, 11) is 0. The fourth-order valence-corrected chi connectivity index (χ4v) is 7.97. The SMILES string of the molecule is Oc1cc(-c2ccc3c(N4CC5CCC(C4)N5)nc(OCC4(CN5CC6CC6C5)CC4)nc3c2F)c2ccccc2c1. The first-order chi connectivity index (χ1) is 20.5. The van der Waals surface area contributed by atoms with E-state index in [1.807, 2.05) is 36.4 Å². The lowest BCUT2D eigenvalue weighted by Crippen LogP contribution is -2.51. The molecule has 0 radical (unpaired) electrons. The average Bonchev–Trinajstić information content (AvgIpc) is 3.87. The van der Waals surface area contributed by atoms with Gasteiger partial charge < -0.3 is 25.0 Å². The summed E-state index contributed by atoms with van der Waals surface area (Å²) in [6.45, 7) is 5.77. The molecule has 216 valence electrons. The van der Waals surface area contributed by atoms with Gasteiger partial charge in [-0.15, -0.1) is 0 Å². The van der Waals surface area contributed by atoms with E-state index < -0.39 is 5.82 Å². The van der Waals surface area contributed by atoms with Crippen molar-refractivity contribution in [2.45, 2.75) is 44.2 Å². The fraction of sp³-hybridized carbons (Fsp3) is 0.471. The van der Waals surface area contributed by atoms with Crippen LogP contribution in [0.15, 0.2) is 48.5 Å². The van der Waals surface area contributed by atoms with E-state index in [-0.39, 0.29) is 22.7 Å². The minimum atomic E-state index is -0.410. The van der Waals surface area contributed by atoms with Crippen LogP contribution in [0.3, 0.4) is 0 Å². The third-order valence-electron chi connectivity index (χ3n) is 10.5. The molecule has 4 heterocycles. The molecule has 8 heteroatoms. The number of nitrogens with zero attached hydrogens (tertiary/aromatic N) is 4. The first-order valence-corrected chi connectivity index (χ1v) is 15.6. The second-order valence-electron chi connectivity index (χ2n) is 13.6. The van der Waals surface area contributed by atoms with Crippen molar-refractivity contribution in [2.24, 2.45) is 17.3 Å². The second-order valence-corrected chi connectivity index (χ2v) is 13.6. The normalized spacial score (nSPS) is 27.5. The lowest BCUT2D eigenvalue weighted by molar-refractivity contribution is 0.163. The maximum Gasteiger partial charge on any atom is 0.319 e. The van der Waals surface area contributed by atoms with Crippen LogP contribution >= 0.6 is 0 Å². The highest BCUT2D eigenvalue weighted by Crippen LogP contribution is 2.51. The third-order valence-corrected chi connectivity index (χ3v) is 10.5. The van der Waals surface area contributed by atoms with E-state index in [2.05, 4.69) is 15.1 Å². The molecule has 2 N–H and O–H groups in total. The molecule has 2 bridgehead atoms. The Balaban J connectivity index is 1.10. The van der Waals surface area contributed by atoms with Crippen molar-refractivity contribution < 1.29 is 14.2 Å². The molecule has 3 aliphatic heterocycles. The molecule has 0 spiro atoms. The van der Waals surface area contributed by atoms with E-state index in [1.165, 1.54) is 19.5 Å². The van der Waals surface area contributed by atoms with Crippen molar-refractivity contribution >= 4 is 27.5 Å². The number of ether oxygens (including phenoxy) is 1. The number of aromatic nitrogens is 2. The molecule has 42 heavy (non-hydrogen) atoms. The zero-order valence-corrected chi connectivity index (χ0v) is 23.7. The zero-order valence-electron chi connectivity index (χ0n) is 23.7. The molecule has 7 nitrogen and oxygen atoms in total. The molecule has 5 fully saturated rings. The van der Waals surface area contributed by atoms with Gasteiger partial charge in [0.25, 0.3) is 0 Å². The zero-order chi connectivity index (χ0) is 28.0. The number of halogens is 1. The molecule has 4 atom stereocenters. The maximum atomic E-state index is 16.6. The number of fused-ring (bicyclic) bond motifs is 5. The fourth-order valence-electron chi connectivity index (χ4n) is 7.97. The predicted octanol–water partition coefficient (Wildman–Crippen LogP) is 5.35. The lowest BCUT2D eigenvalue weighted by atomic mass is 9.96. The number of nitrogens with one attached hydrogen (secondary N) is 1. The number of piperazine rings is 1. The van der Waals surface area contributed by atoms with Crippen molar-refractivity contribution in [3.8, 4) is 22.9 Å². The Bertz CT molecular complexity index is 1700. The quantitative estimate of drug-likeness (QED) is 0.313. The van der Waals surface area contributed by atoms with E-state index in [0.29, 0.717) is 35.2 Å². The topological polar surface area (TPSA) is 73.8 Å². The van der Waals surface area contributed by atoms with E-state index in [0.717, 1.165) is 73.7 Å². The molecule has 2 saturated carbocycles. The lowest BCUT2D eigenvalue weighted by Gasteiger charge is -2.34. The monoisotopic (exact) mass is 565 g/mol. The van der Waals surface area contributed by atoms with Gasteiger partial charge in [0.15, 0.2) is 5.82 Å². The van der Waals surface area contributed by atoms with Gasteiger partial charge in [-0.25, -0.2) is 4.39 Å². The van der Waals surface area contributed by atoms with Gasteiger partial charge in [0, 0.05) is 61.2 Å². The van der Waals surface area contributed by atoms with Gasteiger partial charge in [-0.1, -0.05) is 30.3 Å². The van der Waals surface area contributed by atoms with Crippen molar-refractivity contribution in [3.05, 3.63) is 54.3 Å². The summed E-state index contributed by atoms with van der Waals surface area (Å²) in [5, 5.41) is 16.6. The van der Waals surface area contributed by atoms with E-state index in [9.17, 15) is 5.11 Å². The Hall–Kier alpha value is -3.49. The number of phenols is 1. The molecule has 5 aliphatic rings. The van der Waals surface area contributed by atoms with Gasteiger partial charge >= 0.3 is 6.01 Å². The van der Waals surface area contributed by atoms with Crippen molar-refractivity contribution in [1.29, 1.82) is 0 Å². The van der Waals surface area contributed by atoms with Crippen LogP contribution in [-0.4, -0.2) is 71.4 Å². The Morgan fingerprint density at radius 3 is 2.50 bits per heavy atom.